The molecule has 9 heteroatoms. The lowest BCUT2D eigenvalue weighted by Gasteiger charge is -2.18. The Morgan fingerprint density at radius 2 is 0.724 bits per heavy atom. The van der Waals surface area contributed by atoms with E-state index < -0.39 is 32.5 Å². The molecule has 0 fully saturated rings. The van der Waals surface area contributed by atoms with Crippen molar-refractivity contribution in [1.82, 2.24) is 0 Å². The number of allylic oxidation sites excluding steroid dienone is 2. The summed E-state index contributed by atoms with van der Waals surface area (Å²) in [5.74, 6) is -0.868. The van der Waals surface area contributed by atoms with Gasteiger partial charge < -0.3 is 19.3 Å². The third-order valence-corrected chi connectivity index (χ3v) is 11.8. The Morgan fingerprint density at radius 3 is 1.05 bits per heavy atom. The van der Waals surface area contributed by atoms with Crippen LogP contribution in [0.2, 0.25) is 0 Å². The van der Waals surface area contributed by atoms with E-state index in [4.69, 9.17) is 19.3 Å². The second kappa shape index (κ2) is 45.3. The van der Waals surface area contributed by atoms with Crippen molar-refractivity contribution in [1.29, 1.82) is 0 Å². The van der Waals surface area contributed by atoms with Crippen LogP contribution in [0.15, 0.2) is 12.2 Å². The number of rotatable bonds is 47. The summed E-state index contributed by atoms with van der Waals surface area (Å²) in [6, 6.07) is 0. The zero-order valence-electron chi connectivity index (χ0n) is 38.2. The standard InChI is InChI=1S/C49H95O8P/c1-3-5-7-9-11-13-15-17-19-21-22-23-24-25-26-28-30-32-34-36-38-40-42-44-49(51)57-47(46-56-58(52,53)54)45-55-48(50)43-41-39-37-35-33-31-29-27-20-18-16-14-12-10-8-6-4-2/h21-22,47H,3-20,23-46H2,1-2H3,(H2,52,53,54)/b22-21-. The highest BCUT2D eigenvalue weighted by Gasteiger charge is 2.23. The van der Waals surface area contributed by atoms with Crippen LogP contribution < -0.4 is 0 Å². The van der Waals surface area contributed by atoms with Crippen molar-refractivity contribution in [3.05, 3.63) is 12.2 Å². The normalized spacial score (nSPS) is 12.4. The molecular formula is C49H95O8P. The molecule has 0 amide bonds. The van der Waals surface area contributed by atoms with Crippen molar-refractivity contribution in [2.75, 3.05) is 13.2 Å². The molecule has 0 saturated carbocycles. The molecule has 8 nitrogen and oxygen atoms in total. The molecule has 1 unspecified atom stereocenters. The SMILES string of the molecule is CCCCCCCCCC/C=C\CCCCCCCCCCCCCC(=O)OC(COC(=O)CCCCCCCCCCCCCCCCCCC)COP(=O)(O)O. The van der Waals surface area contributed by atoms with Gasteiger partial charge in [-0.05, 0) is 38.5 Å². The van der Waals surface area contributed by atoms with Gasteiger partial charge in [-0.25, -0.2) is 4.57 Å². The van der Waals surface area contributed by atoms with Gasteiger partial charge in [-0.3, -0.25) is 14.1 Å². The first kappa shape index (κ1) is 56.8. The zero-order chi connectivity index (χ0) is 42.5. The summed E-state index contributed by atoms with van der Waals surface area (Å²) in [5, 5.41) is 0. The van der Waals surface area contributed by atoms with Crippen LogP contribution in [-0.2, 0) is 28.2 Å². The molecular weight excluding hydrogens is 748 g/mol. The topological polar surface area (TPSA) is 119 Å². The molecule has 0 heterocycles. The summed E-state index contributed by atoms with van der Waals surface area (Å²) in [7, 11) is -4.75. The summed E-state index contributed by atoms with van der Waals surface area (Å²) in [6.07, 6.45) is 52.3. The molecule has 0 aromatic heterocycles. The van der Waals surface area contributed by atoms with Crippen molar-refractivity contribution in [2.45, 2.75) is 277 Å². The Bertz CT molecular complexity index is 951. The van der Waals surface area contributed by atoms with Gasteiger partial charge in [0.05, 0.1) is 6.61 Å². The predicted molar refractivity (Wildman–Crippen MR) is 244 cm³/mol. The molecule has 0 bridgehead atoms. The van der Waals surface area contributed by atoms with Crippen LogP contribution in [0.3, 0.4) is 0 Å². The lowest BCUT2D eigenvalue weighted by atomic mass is 10.0. The molecule has 0 radical (unpaired) electrons. The Kier molecular flexibility index (Phi) is 44.4. The average molecular weight is 843 g/mol. The number of carbonyl (C=O) groups is 2. The van der Waals surface area contributed by atoms with Gasteiger partial charge in [-0.15, -0.1) is 0 Å². The van der Waals surface area contributed by atoms with Gasteiger partial charge in [0.2, 0.25) is 0 Å². The summed E-state index contributed by atoms with van der Waals surface area (Å²) in [4.78, 5) is 43.0. The van der Waals surface area contributed by atoms with E-state index in [9.17, 15) is 14.2 Å². The number of ether oxygens (including phenoxy) is 2. The van der Waals surface area contributed by atoms with Crippen LogP contribution in [0, 0.1) is 0 Å². The Labute approximate surface area is 358 Å². The highest BCUT2D eigenvalue weighted by Crippen LogP contribution is 2.36. The lowest BCUT2D eigenvalue weighted by Crippen LogP contribution is -2.29. The first-order valence-corrected chi connectivity index (χ1v) is 26.5. The van der Waals surface area contributed by atoms with Crippen LogP contribution in [0.5, 0.6) is 0 Å². The van der Waals surface area contributed by atoms with E-state index in [0.29, 0.717) is 6.42 Å². The average Bonchev–Trinajstić information content (AvgIpc) is 3.20. The second-order valence-electron chi connectivity index (χ2n) is 17.2. The second-order valence-corrected chi connectivity index (χ2v) is 18.4. The molecule has 0 spiro atoms. The lowest BCUT2D eigenvalue weighted by molar-refractivity contribution is -0.161. The smallest absolute Gasteiger partial charge is 0.462 e. The van der Waals surface area contributed by atoms with Crippen molar-refractivity contribution < 1.29 is 37.9 Å². The van der Waals surface area contributed by atoms with Gasteiger partial charge in [0.1, 0.15) is 6.61 Å². The van der Waals surface area contributed by atoms with Crippen LogP contribution in [-0.4, -0.2) is 41.0 Å². The van der Waals surface area contributed by atoms with Crippen molar-refractivity contribution in [3.63, 3.8) is 0 Å². The molecule has 0 aliphatic rings. The van der Waals surface area contributed by atoms with Gasteiger partial charge in [0.25, 0.3) is 0 Å². The molecule has 0 aromatic rings. The number of unbranched alkanes of at least 4 members (excludes halogenated alkanes) is 35. The summed E-state index contributed by atoms with van der Waals surface area (Å²) < 4.78 is 26.5. The maximum Gasteiger partial charge on any atom is 0.469 e. The van der Waals surface area contributed by atoms with Gasteiger partial charge in [0, 0.05) is 12.8 Å². The fraction of sp³-hybridized carbons (Fsp3) is 0.918. The van der Waals surface area contributed by atoms with Gasteiger partial charge >= 0.3 is 19.8 Å². The number of hydrogen-bond acceptors (Lipinski definition) is 6. The van der Waals surface area contributed by atoms with E-state index in [-0.39, 0.29) is 19.4 Å². The van der Waals surface area contributed by atoms with Crippen LogP contribution in [0.4, 0.5) is 0 Å². The number of carbonyl (C=O) groups excluding carboxylic acids is 2. The molecule has 0 aromatic carbocycles. The minimum atomic E-state index is -4.75. The summed E-state index contributed by atoms with van der Waals surface area (Å²) in [5.41, 5.74) is 0. The molecule has 2 N–H and O–H groups in total. The molecule has 0 saturated heterocycles. The number of phosphoric acid groups is 1. The maximum atomic E-state index is 12.5. The van der Waals surface area contributed by atoms with Gasteiger partial charge in [0.15, 0.2) is 6.10 Å². The largest absolute Gasteiger partial charge is 0.469 e. The van der Waals surface area contributed by atoms with Gasteiger partial charge in [-0.2, -0.15) is 0 Å². The van der Waals surface area contributed by atoms with E-state index in [1.54, 1.807) is 0 Å². The number of phosphoric ester groups is 1. The van der Waals surface area contributed by atoms with E-state index >= 15 is 0 Å². The Hall–Kier alpha value is -1.21. The van der Waals surface area contributed by atoms with Crippen LogP contribution in [0.1, 0.15) is 271 Å². The minimum Gasteiger partial charge on any atom is -0.462 e. The van der Waals surface area contributed by atoms with Gasteiger partial charge in [-0.1, -0.05) is 231 Å². The zero-order valence-corrected chi connectivity index (χ0v) is 39.1. The molecule has 58 heavy (non-hydrogen) atoms. The molecule has 0 aliphatic heterocycles. The molecule has 0 rings (SSSR count). The minimum absolute atomic E-state index is 0.216. The summed E-state index contributed by atoms with van der Waals surface area (Å²) in [6.45, 7) is 3.74. The quantitative estimate of drug-likeness (QED) is 0.0269. The third-order valence-electron chi connectivity index (χ3n) is 11.3. The van der Waals surface area contributed by atoms with Crippen molar-refractivity contribution >= 4 is 19.8 Å². The fourth-order valence-electron chi connectivity index (χ4n) is 7.55. The van der Waals surface area contributed by atoms with Crippen LogP contribution >= 0.6 is 7.82 Å². The highest BCUT2D eigenvalue weighted by molar-refractivity contribution is 7.46. The molecule has 0 aliphatic carbocycles. The third kappa shape index (κ3) is 47.5. The van der Waals surface area contributed by atoms with E-state index in [0.717, 1.165) is 38.5 Å². The van der Waals surface area contributed by atoms with Crippen molar-refractivity contribution in [2.24, 2.45) is 0 Å². The predicted octanol–water partition coefficient (Wildman–Crippen LogP) is 15.8. The first-order chi connectivity index (χ1) is 28.3. The number of hydrogen-bond donors (Lipinski definition) is 2. The Morgan fingerprint density at radius 1 is 0.431 bits per heavy atom. The van der Waals surface area contributed by atoms with Crippen LogP contribution in [0.25, 0.3) is 0 Å². The van der Waals surface area contributed by atoms with E-state index in [1.807, 2.05) is 0 Å². The maximum absolute atomic E-state index is 12.5. The summed E-state index contributed by atoms with van der Waals surface area (Å²) >= 11 is 0. The first-order valence-electron chi connectivity index (χ1n) is 25.0. The van der Waals surface area contributed by atoms with E-state index in [1.165, 1.54) is 199 Å². The molecule has 1 atom stereocenters. The monoisotopic (exact) mass is 843 g/mol. The number of esters is 2. The molecule has 344 valence electrons. The fourth-order valence-corrected chi connectivity index (χ4v) is 7.91. The van der Waals surface area contributed by atoms with Crippen molar-refractivity contribution in [3.8, 4) is 0 Å². The highest BCUT2D eigenvalue weighted by atomic mass is 31.2. The van der Waals surface area contributed by atoms with E-state index in [2.05, 4.69) is 30.5 Å². The Balaban J connectivity index is 3.78.